The van der Waals surface area contributed by atoms with Gasteiger partial charge in [0.15, 0.2) is 11.2 Å². The van der Waals surface area contributed by atoms with Crippen molar-refractivity contribution in [1.29, 1.82) is 0 Å². The fourth-order valence-corrected chi connectivity index (χ4v) is 1.96. The maximum atomic E-state index is 11.4. The average Bonchev–Trinajstić information content (AvgIpc) is 2.91. The number of nitrogens with one attached hydrogen (secondary N) is 1. The zero-order chi connectivity index (χ0) is 13.9. The van der Waals surface area contributed by atoms with Gasteiger partial charge in [0.05, 0.1) is 5.33 Å². The number of rotatable bonds is 3. The van der Waals surface area contributed by atoms with E-state index in [1.165, 1.54) is 0 Å². The summed E-state index contributed by atoms with van der Waals surface area (Å²) in [6.07, 6.45) is 1.67. The molecule has 0 aliphatic carbocycles. The molecule has 0 spiro atoms. The number of anilines is 1. The Labute approximate surface area is 123 Å². The highest BCUT2D eigenvalue weighted by Gasteiger charge is 2.09. The Balaban J connectivity index is 1.97. The number of carbonyl (C=O) groups excluding carboxylic acids is 1. The predicted molar refractivity (Wildman–Crippen MR) is 79.7 cm³/mol. The van der Waals surface area contributed by atoms with E-state index in [4.69, 9.17) is 4.42 Å². The summed E-state index contributed by atoms with van der Waals surface area (Å²) < 4.78 is 5.64. The molecule has 0 unspecified atom stereocenters. The first-order chi connectivity index (χ1) is 9.76. The molecular weight excluding hydrogens is 322 g/mol. The Morgan fingerprint density at radius 1 is 1.30 bits per heavy atom. The van der Waals surface area contributed by atoms with Crippen LogP contribution in [0.1, 0.15) is 0 Å². The number of amides is 1. The van der Waals surface area contributed by atoms with Crippen LogP contribution >= 0.6 is 15.9 Å². The van der Waals surface area contributed by atoms with Crippen molar-refractivity contribution in [2.24, 2.45) is 0 Å². The topological polar surface area (TPSA) is 68.0 Å². The Hall–Kier alpha value is -2.21. The van der Waals surface area contributed by atoms with Crippen molar-refractivity contribution in [2.45, 2.75) is 0 Å². The van der Waals surface area contributed by atoms with E-state index in [9.17, 15) is 4.79 Å². The van der Waals surface area contributed by atoms with Crippen LogP contribution in [0.4, 0.5) is 5.69 Å². The van der Waals surface area contributed by atoms with Gasteiger partial charge >= 0.3 is 0 Å². The Bertz CT molecular complexity index is 737. The molecule has 3 aromatic rings. The number of hydrogen-bond donors (Lipinski definition) is 1. The third kappa shape index (κ3) is 2.55. The lowest BCUT2D eigenvalue weighted by atomic mass is 10.2. The van der Waals surface area contributed by atoms with Gasteiger partial charge in [-0.1, -0.05) is 22.0 Å². The van der Waals surface area contributed by atoms with Gasteiger partial charge in [0, 0.05) is 17.4 Å². The molecule has 0 bridgehead atoms. The Morgan fingerprint density at radius 3 is 3.00 bits per heavy atom. The molecule has 6 heteroatoms. The second-order valence-electron chi connectivity index (χ2n) is 4.11. The third-order valence-corrected chi connectivity index (χ3v) is 3.19. The molecular formula is C14H10BrN3O2. The highest BCUT2D eigenvalue weighted by Crippen LogP contribution is 2.25. The summed E-state index contributed by atoms with van der Waals surface area (Å²) in [5.41, 5.74) is 2.69. The van der Waals surface area contributed by atoms with E-state index in [0.717, 1.165) is 5.56 Å². The van der Waals surface area contributed by atoms with Crippen LogP contribution in [0.5, 0.6) is 0 Å². The van der Waals surface area contributed by atoms with Crippen molar-refractivity contribution in [1.82, 2.24) is 9.97 Å². The van der Waals surface area contributed by atoms with Crippen LogP contribution in [0.15, 0.2) is 47.0 Å². The number of halogens is 1. The van der Waals surface area contributed by atoms with Crippen LogP contribution in [0.25, 0.3) is 22.7 Å². The van der Waals surface area contributed by atoms with E-state index < -0.39 is 0 Å². The SMILES string of the molecule is O=C(CBr)Nc1cccc(-c2nc3ncccc3o2)c1. The lowest BCUT2D eigenvalue weighted by Gasteiger charge is -2.03. The van der Waals surface area contributed by atoms with Gasteiger partial charge in [-0.15, -0.1) is 0 Å². The lowest BCUT2D eigenvalue weighted by molar-refractivity contribution is -0.113. The smallest absolute Gasteiger partial charge is 0.235 e. The summed E-state index contributed by atoms with van der Waals surface area (Å²) in [5.74, 6) is 0.370. The number of fused-ring (bicyclic) bond motifs is 1. The fourth-order valence-electron chi connectivity index (χ4n) is 1.82. The minimum Gasteiger partial charge on any atom is -0.434 e. The summed E-state index contributed by atoms with van der Waals surface area (Å²) in [7, 11) is 0. The van der Waals surface area contributed by atoms with Gasteiger partial charge in [-0.25, -0.2) is 4.98 Å². The summed E-state index contributed by atoms with van der Waals surface area (Å²) in [5, 5.41) is 3.02. The molecule has 1 aromatic carbocycles. The molecule has 2 heterocycles. The molecule has 3 rings (SSSR count). The number of nitrogens with zero attached hydrogens (tertiary/aromatic N) is 2. The fraction of sp³-hybridized carbons (Fsp3) is 0.0714. The minimum absolute atomic E-state index is 0.110. The first-order valence-corrected chi connectivity index (χ1v) is 7.06. The Kier molecular flexibility index (Phi) is 3.47. The van der Waals surface area contributed by atoms with Gasteiger partial charge < -0.3 is 9.73 Å². The number of aromatic nitrogens is 2. The predicted octanol–water partition coefficient (Wildman–Crippen LogP) is 3.22. The van der Waals surface area contributed by atoms with Crippen molar-refractivity contribution < 1.29 is 9.21 Å². The number of oxazole rings is 1. The molecule has 0 fully saturated rings. The molecule has 0 saturated carbocycles. The molecule has 1 amide bonds. The lowest BCUT2D eigenvalue weighted by Crippen LogP contribution is -2.12. The van der Waals surface area contributed by atoms with Crippen LogP contribution in [0.3, 0.4) is 0 Å². The van der Waals surface area contributed by atoms with E-state index in [1.54, 1.807) is 12.3 Å². The van der Waals surface area contributed by atoms with Gasteiger partial charge in [0.2, 0.25) is 11.8 Å². The maximum Gasteiger partial charge on any atom is 0.235 e. The van der Waals surface area contributed by atoms with Gasteiger partial charge in [0.1, 0.15) is 0 Å². The third-order valence-electron chi connectivity index (χ3n) is 2.68. The van der Waals surface area contributed by atoms with Crippen LogP contribution in [-0.4, -0.2) is 21.2 Å². The average molecular weight is 332 g/mol. The zero-order valence-corrected chi connectivity index (χ0v) is 11.9. The van der Waals surface area contributed by atoms with Crippen molar-refractivity contribution in [3.63, 3.8) is 0 Å². The molecule has 0 radical (unpaired) electrons. The van der Waals surface area contributed by atoms with Crippen molar-refractivity contribution in [3.8, 4) is 11.5 Å². The molecule has 0 saturated heterocycles. The van der Waals surface area contributed by atoms with Gasteiger partial charge in [-0.3, -0.25) is 4.79 Å². The van der Waals surface area contributed by atoms with E-state index >= 15 is 0 Å². The summed E-state index contributed by atoms with van der Waals surface area (Å²) in [6.45, 7) is 0. The molecule has 20 heavy (non-hydrogen) atoms. The number of hydrogen-bond acceptors (Lipinski definition) is 4. The zero-order valence-electron chi connectivity index (χ0n) is 10.3. The number of alkyl halides is 1. The Morgan fingerprint density at radius 2 is 2.20 bits per heavy atom. The van der Waals surface area contributed by atoms with Gasteiger partial charge in [0.25, 0.3) is 0 Å². The highest BCUT2D eigenvalue weighted by atomic mass is 79.9. The van der Waals surface area contributed by atoms with Crippen molar-refractivity contribution in [3.05, 3.63) is 42.6 Å². The number of benzene rings is 1. The monoisotopic (exact) mass is 331 g/mol. The normalized spacial score (nSPS) is 10.7. The van der Waals surface area contributed by atoms with Crippen molar-refractivity contribution in [2.75, 3.05) is 10.6 Å². The molecule has 0 atom stereocenters. The molecule has 2 aromatic heterocycles. The standard InChI is InChI=1S/C14H10BrN3O2/c15-8-12(19)17-10-4-1-3-9(7-10)14-18-13-11(20-14)5-2-6-16-13/h1-7H,8H2,(H,17,19). The van der Waals surface area contributed by atoms with E-state index in [-0.39, 0.29) is 11.2 Å². The molecule has 0 aliphatic heterocycles. The number of carbonyl (C=O) groups is 1. The minimum atomic E-state index is -0.110. The molecule has 0 aliphatic rings. The maximum absolute atomic E-state index is 11.4. The van der Waals surface area contributed by atoms with Gasteiger partial charge in [-0.05, 0) is 30.3 Å². The quantitative estimate of drug-likeness (QED) is 0.748. The second-order valence-corrected chi connectivity index (χ2v) is 4.67. The van der Waals surface area contributed by atoms with E-state index in [2.05, 4.69) is 31.2 Å². The first-order valence-electron chi connectivity index (χ1n) is 5.94. The number of pyridine rings is 1. The van der Waals surface area contributed by atoms with Crippen LogP contribution in [0.2, 0.25) is 0 Å². The molecule has 100 valence electrons. The van der Waals surface area contributed by atoms with E-state index in [1.807, 2.05) is 30.3 Å². The van der Waals surface area contributed by atoms with Crippen LogP contribution < -0.4 is 5.32 Å². The van der Waals surface area contributed by atoms with Crippen molar-refractivity contribution >= 4 is 38.8 Å². The summed E-state index contributed by atoms with van der Waals surface area (Å²) >= 11 is 3.11. The first kappa shape index (κ1) is 12.8. The summed E-state index contributed by atoms with van der Waals surface area (Å²) in [6, 6.07) is 10.9. The molecule has 5 nitrogen and oxygen atoms in total. The van der Waals surface area contributed by atoms with Gasteiger partial charge in [-0.2, -0.15) is 4.98 Å². The molecule has 1 N–H and O–H groups in total. The highest BCUT2D eigenvalue weighted by molar-refractivity contribution is 9.09. The summed E-state index contributed by atoms with van der Waals surface area (Å²) in [4.78, 5) is 19.8. The largest absolute Gasteiger partial charge is 0.434 e. The van der Waals surface area contributed by atoms with Crippen LogP contribution in [-0.2, 0) is 4.79 Å². The van der Waals surface area contributed by atoms with E-state index in [0.29, 0.717) is 22.8 Å². The van der Waals surface area contributed by atoms with Crippen LogP contribution in [0, 0.1) is 0 Å². The second kappa shape index (κ2) is 5.42.